The number of furan rings is 1. The molecular weight excluding hydrogens is 703 g/mol. The van der Waals surface area contributed by atoms with Gasteiger partial charge in [-0.3, -0.25) is 0 Å². The summed E-state index contributed by atoms with van der Waals surface area (Å²) in [7, 11) is 0. The molecule has 0 saturated carbocycles. The minimum Gasteiger partial charge on any atom is -0.455 e. The smallest absolute Gasteiger partial charge is 0.164 e. The Balaban J connectivity index is 1.13. The van der Waals surface area contributed by atoms with Crippen LogP contribution in [0.15, 0.2) is 180 Å². The normalized spacial score (nSPS) is 11.9. The van der Waals surface area contributed by atoms with Crippen LogP contribution in [0.1, 0.15) is 0 Å². The van der Waals surface area contributed by atoms with Gasteiger partial charge >= 0.3 is 0 Å². The molecule has 0 fully saturated rings. The van der Waals surface area contributed by atoms with Crippen molar-refractivity contribution < 1.29 is 4.42 Å². The molecule has 0 aliphatic heterocycles. The summed E-state index contributed by atoms with van der Waals surface area (Å²) in [5, 5.41) is 11.4. The fraction of sp³-hybridized carbons (Fsp3) is 0. The minimum atomic E-state index is 0.615. The van der Waals surface area contributed by atoms with Gasteiger partial charge in [-0.25, -0.2) is 15.0 Å². The molecule has 12 rings (SSSR count). The largest absolute Gasteiger partial charge is 0.455 e. The van der Waals surface area contributed by atoms with E-state index < -0.39 is 0 Å². The molecule has 56 heavy (non-hydrogen) atoms. The molecule has 0 atom stereocenters. The van der Waals surface area contributed by atoms with Crippen LogP contribution in [-0.2, 0) is 0 Å². The van der Waals surface area contributed by atoms with Crippen LogP contribution in [0.2, 0.25) is 0 Å². The summed E-state index contributed by atoms with van der Waals surface area (Å²) in [6, 6.07) is 62.1. The lowest BCUT2D eigenvalue weighted by molar-refractivity contribution is 0.670. The lowest BCUT2D eigenvalue weighted by atomic mass is 9.94. The van der Waals surface area contributed by atoms with Crippen LogP contribution in [0.4, 0.5) is 0 Å². The average molecular weight is 732 g/mol. The maximum absolute atomic E-state index is 6.76. The molecule has 12 aromatic rings. The number of benzene rings is 9. The number of aromatic nitrogens is 3. The van der Waals surface area contributed by atoms with Gasteiger partial charge in [0.15, 0.2) is 17.5 Å². The summed E-state index contributed by atoms with van der Waals surface area (Å²) in [6.07, 6.45) is 0. The first-order valence-corrected chi connectivity index (χ1v) is 19.6. The second kappa shape index (κ2) is 12.2. The molecule has 260 valence electrons. The maximum atomic E-state index is 6.76. The van der Waals surface area contributed by atoms with E-state index in [2.05, 4.69) is 176 Å². The molecule has 0 saturated heterocycles. The molecule has 0 radical (unpaired) electrons. The molecule has 9 aromatic carbocycles. The molecule has 0 unspecified atom stereocenters. The van der Waals surface area contributed by atoms with E-state index in [0.717, 1.165) is 82.1 Å². The predicted molar refractivity (Wildman–Crippen MR) is 234 cm³/mol. The zero-order valence-corrected chi connectivity index (χ0v) is 30.7. The third-order valence-electron chi connectivity index (χ3n) is 11.1. The Hall–Kier alpha value is -7.21. The minimum absolute atomic E-state index is 0.615. The Morgan fingerprint density at radius 2 is 0.929 bits per heavy atom. The number of rotatable bonds is 4. The van der Waals surface area contributed by atoms with Gasteiger partial charge in [-0.05, 0) is 74.3 Å². The van der Waals surface area contributed by atoms with E-state index in [4.69, 9.17) is 19.4 Å². The third kappa shape index (κ3) is 4.81. The van der Waals surface area contributed by atoms with Crippen LogP contribution >= 0.6 is 11.3 Å². The Kier molecular flexibility index (Phi) is 6.76. The van der Waals surface area contributed by atoms with E-state index in [1.165, 1.54) is 20.2 Å². The van der Waals surface area contributed by atoms with Crippen molar-refractivity contribution in [2.75, 3.05) is 0 Å². The first-order valence-electron chi connectivity index (χ1n) is 18.8. The van der Waals surface area contributed by atoms with Crippen LogP contribution in [0.5, 0.6) is 0 Å². The number of fused-ring (bicyclic) bond motifs is 9. The lowest BCUT2D eigenvalue weighted by Gasteiger charge is -2.14. The van der Waals surface area contributed by atoms with Gasteiger partial charge in [0.1, 0.15) is 11.2 Å². The molecule has 3 heterocycles. The highest BCUT2D eigenvalue weighted by Gasteiger charge is 2.20. The highest BCUT2D eigenvalue weighted by Crippen LogP contribution is 2.43. The van der Waals surface area contributed by atoms with Crippen LogP contribution < -0.4 is 0 Å². The Bertz CT molecular complexity index is 3560. The highest BCUT2D eigenvalue weighted by atomic mass is 32.1. The van der Waals surface area contributed by atoms with Crippen molar-refractivity contribution in [1.29, 1.82) is 0 Å². The zero-order valence-electron chi connectivity index (χ0n) is 29.9. The average Bonchev–Trinajstić information content (AvgIpc) is 3.83. The number of thiophene rings is 1. The predicted octanol–water partition coefficient (Wildman–Crippen LogP) is 14.3. The Morgan fingerprint density at radius 3 is 1.79 bits per heavy atom. The number of hydrogen-bond acceptors (Lipinski definition) is 5. The van der Waals surface area contributed by atoms with E-state index >= 15 is 0 Å². The summed E-state index contributed by atoms with van der Waals surface area (Å²) in [5.41, 5.74) is 6.70. The zero-order chi connectivity index (χ0) is 36.7. The van der Waals surface area contributed by atoms with Crippen LogP contribution in [0.3, 0.4) is 0 Å². The third-order valence-corrected chi connectivity index (χ3v) is 12.2. The van der Waals surface area contributed by atoms with E-state index in [1.54, 1.807) is 11.3 Å². The van der Waals surface area contributed by atoms with Crippen LogP contribution in [0.25, 0.3) is 120 Å². The molecule has 0 aliphatic rings. The molecule has 0 N–H and O–H groups in total. The van der Waals surface area contributed by atoms with Crippen molar-refractivity contribution in [2.24, 2.45) is 0 Å². The highest BCUT2D eigenvalue weighted by molar-refractivity contribution is 7.25. The summed E-state index contributed by atoms with van der Waals surface area (Å²) in [5.74, 6) is 1.90. The fourth-order valence-corrected chi connectivity index (χ4v) is 9.62. The first kappa shape index (κ1) is 31.2. The Labute approximate surface area is 325 Å². The summed E-state index contributed by atoms with van der Waals surface area (Å²) < 4.78 is 9.21. The number of hydrogen-bond donors (Lipinski definition) is 0. The maximum Gasteiger partial charge on any atom is 0.164 e. The van der Waals surface area contributed by atoms with Crippen molar-refractivity contribution in [2.45, 2.75) is 0 Å². The van der Waals surface area contributed by atoms with Crippen LogP contribution in [0, 0.1) is 0 Å². The lowest BCUT2D eigenvalue weighted by Crippen LogP contribution is -2.01. The fourth-order valence-electron chi connectivity index (χ4n) is 8.49. The van der Waals surface area contributed by atoms with Gasteiger partial charge in [-0.15, -0.1) is 11.3 Å². The Morgan fingerprint density at radius 1 is 0.357 bits per heavy atom. The molecule has 0 spiro atoms. The molecule has 0 amide bonds. The number of nitrogens with zero attached hydrogens (tertiary/aromatic N) is 3. The summed E-state index contributed by atoms with van der Waals surface area (Å²) in [6.45, 7) is 0. The standard InChI is InChI=1S/C51H29N3OS/c1-2-14-32-29-44-43(27-31(32)13-1)38-21-10-20-37(48(38)55-44)42-28-34(26-33-15-4-6-18-36(33)42)49-52-50(39-22-9-16-30-12-3-5-17-35(30)39)54-51(53-49)41-23-11-25-46-47(41)40-19-7-8-24-45(40)56-46/h1-29H. The van der Waals surface area contributed by atoms with Gasteiger partial charge in [0.05, 0.1) is 0 Å². The van der Waals surface area contributed by atoms with E-state index in [-0.39, 0.29) is 0 Å². The van der Waals surface area contributed by atoms with Crippen molar-refractivity contribution >= 4 is 85.8 Å². The van der Waals surface area contributed by atoms with E-state index in [9.17, 15) is 0 Å². The first-order chi connectivity index (χ1) is 27.7. The quantitative estimate of drug-likeness (QED) is 0.181. The molecule has 0 aliphatic carbocycles. The molecule has 5 heteroatoms. The van der Waals surface area contributed by atoms with Gasteiger partial charge < -0.3 is 4.42 Å². The molecule has 3 aromatic heterocycles. The van der Waals surface area contributed by atoms with Crippen LogP contribution in [-0.4, -0.2) is 15.0 Å². The second-order valence-electron chi connectivity index (χ2n) is 14.3. The van der Waals surface area contributed by atoms with Gasteiger partial charge in [-0.1, -0.05) is 140 Å². The SMILES string of the molecule is c1ccc2cc3c(cc2c1)oc1c(-c2cc(-c4nc(-c5cccc6ccccc56)nc(-c5cccc6sc7ccccc7c56)n4)cc4ccccc24)cccc13. The van der Waals surface area contributed by atoms with E-state index in [1.807, 2.05) is 0 Å². The molecule has 4 nitrogen and oxygen atoms in total. The van der Waals surface area contributed by atoms with Crippen molar-refractivity contribution in [3.05, 3.63) is 176 Å². The van der Waals surface area contributed by atoms with Gasteiger partial charge in [0.2, 0.25) is 0 Å². The monoisotopic (exact) mass is 731 g/mol. The molecular formula is C51H29N3OS. The summed E-state index contributed by atoms with van der Waals surface area (Å²) >= 11 is 1.80. The van der Waals surface area contributed by atoms with E-state index in [0.29, 0.717) is 17.5 Å². The van der Waals surface area contributed by atoms with Crippen molar-refractivity contribution in [3.8, 4) is 45.3 Å². The van der Waals surface area contributed by atoms with Gasteiger partial charge in [-0.2, -0.15) is 0 Å². The van der Waals surface area contributed by atoms with Crippen molar-refractivity contribution in [1.82, 2.24) is 15.0 Å². The molecule has 0 bridgehead atoms. The van der Waals surface area contributed by atoms with Gasteiger partial charge in [0, 0.05) is 53.2 Å². The van der Waals surface area contributed by atoms with Crippen molar-refractivity contribution in [3.63, 3.8) is 0 Å². The van der Waals surface area contributed by atoms with Gasteiger partial charge in [0.25, 0.3) is 0 Å². The topological polar surface area (TPSA) is 51.8 Å². The second-order valence-corrected chi connectivity index (χ2v) is 15.4. The number of para-hydroxylation sites is 1. The summed E-state index contributed by atoms with van der Waals surface area (Å²) in [4.78, 5) is 15.9.